The minimum absolute atomic E-state index is 0.0415. The molecule has 0 aliphatic carbocycles. The van der Waals surface area contributed by atoms with Gasteiger partial charge < -0.3 is 4.74 Å². The molecule has 0 spiro atoms. The van der Waals surface area contributed by atoms with Gasteiger partial charge >= 0.3 is 5.97 Å². The molecule has 0 fully saturated rings. The Kier molecular flexibility index (Phi) is 4.26. The monoisotopic (exact) mass is 272 g/mol. The number of ether oxygens (including phenoxy) is 1. The number of ketones is 1. The van der Waals surface area contributed by atoms with Crippen LogP contribution < -0.4 is 0 Å². The summed E-state index contributed by atoms with van der Waals surface area (Å²) in [6.45, 7) is 3.45. The molecule has 0 atom stereocenters. The zero-order valence-electron chi connectivity index (χ0n) is 10.2. The standard InChI is InChI=1S/C15H12O3S/c1-2-9-18-15(17)13(16)8-7-11-10-19-14-6-4-3-5-12(11)14/h2-8,10H,1,9H2/b8-7+. The largest absolute Gasteiger partial charge is 0.455 e. The van der Waals surface area contributed by atoms with Gasteiger partial charge in [-0.2, -0.15) is 0 Å². The topological polar surface area (TPSA) is 43.4 Å². The van der Waals surface area contributed by atoms with Crippen molar-refractivity contribution in [2.24, 2.45) is 0 Å². The minimum Gasteiger partial charge on any atom is -0.455 e. The van der Waals surface area contributed by atoms with Gasteiger partial charge in [0, 0.05) is 4.70 Å². The molecular formula is C15H12O3S. The Morgan fingerprint density at radius 3 is 2.89 bits per heavy atom. The van der Waals surface area contributed by atoms with Crippen LogP contribution in [0.15, 0.2) is 48.4 Å². The summed E-state index contributed by atoms with van der Waals surface area (Å²) in [5.74, 6) is -1.53. The fraction of sp³-hybridized carbons (Fsp3) is 0.0667. The molecule has 0 bridgehead atoms. The van der Waals surface area contributed by atoms with Crippen LogP contribution in [-0.2, 0) is 14.3 Å². The summed E-state index contributed by atoms with van der Waals surface area (Å²) in [6.07, 6.45) is 4.29. The molecular weight excluding hydrogens is 260 g/mol. The lowest BCUT2D eigenvalue weighted by Gasteiger charge is -1.96. The number of esters is 1. The molecule has 1 aromatic heterocycles. The van der Waals surface area contributed by atoms with E-state index in [1.54, 1.807) is 17.4 Å². The van der Waals surface area contributed by atoms with E-state index in [2.05, 4.69) is 11.3 Å². The number of hydrogen-bond donors (Lipinski definition) is 0. The minimum atomic E-state index is -0.865. The maximum Gasteiger partial charge on any atom is 0.379 e. The van der Waals surface area contributed by atoms with Gasteiger partial charge in [-0.05, 0) is 34.5 Å². The van der Waals surface area contributed by atoms with Crippen LogP contribution in [0.3, 0.4) is 0 Å². The second kappa shape index (κ2) is 6.11. The van der Waals surface area contributed by atoms with Crippen molar-refractivity contribution in [1.29, 1.82) is 0 Å². The fourth-order valence-corrected chi connectivity index (χ4v) is 2.50. The summed E-state index contributed by atoms with van der Waals surface area (Å²) in [4.78, 5) is 22.7. The Morgan fingerprint density at radius 1 is 1.32 bits per heavy atom. The maximum atomic E-state index is 11.5. The van der Waals surface area contributed by atoms with Crippen molar-refractivity contribution in [3.05, 3.63) is 53.9 Å². The van der Waals surface area contributed by atoms with Crippen LogP contribution >= 0.6 is 11.3 Å². The van der Waals surface area contributed by atoms with Gasteiger partial charge in [-0.15, -0.1) is 11.3 Å². The van der Waals surface area contributed by atoms with Gasteiger partial charge in [-0.25, -0.2) is 4.79 Å². The fourth-order valence-electron chi connectivity index (χ4n) is 1.57. The van der Waals surface area contributed by atoms with E-state index < -0.39 is 11.8 Å². The summed E-state index contributed by atoms with van der Waals surface area (Å²) >= 11 is 1.60. The average Bonchev–Trinajstić information content (AvgIpc) is 2.85. The molecule has 0 unspecified atom stereocenters. The molecule has 0 saturated heterocycles. The molecule has 19 heavy (non-hydrogen) atoms. The zero-order valence-corrected chi connectivity index (χ0v) is 11.0. The second-order valence-corrected chi connectivity index (χ2v) is 4.68. The molecule has 2 aromatic rings. The van der Waals surface area contributed by atoms with Crippen molar-refractivity contribution in [3.8, 4) is 0 Å². The molecule has 96 valence electrons. The van der Waals surface area contributed by atoms with Crippen LogP contribution in [0.4, 0.5) is 0 Å². The first-order valence-electron chi connectivity index (χ1n) is 5.68. The molecule has 0 radical (unpaired) electrons. The number of fused-ring (bicyclic) bond motifs is 1. The number of benzene rings is 1. The first-order valence-corrected chi connectivity index (χ1v) is 6.56. The Balaban J connectivity index is 2.12. The number of carbonyl (C=O) groups is 2. The number of rotatable bonds is 5. The van der Waals surface area contributed by atoms with E-state index in [0.29, 0.717) is 0 Å². The zero-order chi connectivity index (χ0) is 13.7. The highest BCUT2D eigenvalue weighted by Gasteiger charge is 2.11. The van der Waals surface area contributed by atoms with E-state index in [4.69, 9.17) is 0 Å². The van der Waals surface area contributed by atoms with E-state index in [-0.39, 0.29) is 6.61 Å². The third kappa shape index (κ3) is 3.17. The predicted molar refractivity (Wildman–Crippen MR) is 77.0 cm³/mol. The molecule has 0 amide bonds. The lowest BCUT2D eigenvalue weighted by atomic mass is 10.1. The van der Waals surface area contributed by atoms with E-state index in [1.165, 1.54) is 12.2 Å². The van der Waals surface area contributed by atoms with Crippen molar-refractivity contribution in [2.45, 2.75) is 0 Å². The van der Waals surface area contributed by atoms with Crippen molar-refractivity contribution in [3.63, 3.8) is 0 Å². The van der Waals surface area contributed by atoms with Crippen LogP contribution in [0.1, 0.15) is 5.56 Å². The number of carbonyl (C=O) groups excluding carboxylic acids is 2. The molecule has 4 heteroatoms. The van der Waals surface area contributed by atoms with Crippen molar-refractivity contribution >= 4 is 39.3 Å². The summed E-state index contributed by atoms with van der Waals surface area (Å²) in [7, 11) is 0. The van der Waals surface area contributed by atoms with Gasteiger partial charge in [0.25, 0.3) is 5.78 Å². The SMILES string of the molecule is C=CCOC(=O)C(=O)/C=C/c1csc2ccccc12. The van der Waals surface area contributed by atoms with E-state index >= 15 is 0 Å². The highest BCUT2D eigenvalue weighted by molar-refractivity contribution is 7.17. The van der Waals surface area contributed by atoms with Crippen LogP contribution in [0, 0.1) is 0 Å². The summed E-state index contributed by atoms with van der Waals surface area (Å²) in [6, 6.07) is 7.89. The average molecular weight is 272 g/mol. The molecule has 0 aliphatic heterocycles. The molecule has 3 nitrogen and oxygen atoms in total. The number of thiophene rings is 1. The molecule has 0 aliphatic rings. The third-order valence-electron chi connectivity index (χ3n) is 2.46. The van der Waals surface area contributed by atoms with Crippen molar-refractivity contribution in [1.82, 2.24) is 0 Å². The van der Waals surface area contributed by atoms with Gasteiger partial charge in [-0.3, -0.25) is 4.79 Å². The van der Waals surface area contributed by atoms with Crippen LogP contribution in [0.2, 0.25) is 0 Å². The van der Waals surface area contributed by atoms with E-state index in [0.717, 1.165) is 15.6 Å². The van der Waals surface area contributed by atoms with Crippen molar-refractivity contribution in [2.75, 3.05) is 6.61 Å². The Hall–Kier alpha value is -2.20. The Bertz CT molecular complexity index is 652. The van der Waals surface area contributed by atoms with Gasteiger partial charge in [0.15, 0.2) is 0 Å². The van der Waals surface area contributed by atoms with Crippen molar-refractivity contribution < 1.29 is 14.3 Å². The molecule has 2 rings (SSSR count). The summed E-state index contributed by atoms with van der Waals surface area (Å²) in [5.41, 5.74) is 0.922. The summed E-state index contributed by atoms with van der Waals surface area (Å²) in [5, 5.41) is 3.01. The van der Waals surface area contributed by atoms with Gasteiger partial charge in [0.1, 0.15) is 6.61 Å². The van der Waals surface area contributed by atoms with Gasteiger partial charge in [-0.1, -0.05) is 30.9 Å². The van der Waals surface area contributed by atoms with Gasteiger partial charge in [0.2, 0.25) is 0 Å². The normalized spacial score (nSPS) is 10.7. The third-order valence-corrected chi connectivity index (χ3v) is 3.44. The van der Waals surface area contributed by atoms with E-state index in [9.17, 15) is 9.59 Å². The lowest BCUT2D eigenvalue weighted by Crippen LogP contribution is -2.14. The first-order chi connectivity index (χ1) is 9.22. The maximum absolute atomic E-state index is 11.5. The second-order valence-electron chi connectivity index (χ2n) is 3.77. The first kappa shape index (κ1) is 13.2. The Labute approximate surface area is 114 Å². The lowest BCUT2D eigenvalue weighted by molar-refractivity contribution is -0.150. The van der Waals surface area contributed by atoms with Gasteiger partial charge in [0.05, 0.1) is 0 Å². The van der Waals surface area contributed by atoms with E-state index in [1.807, 2.05) is 29.6 Å². The quantitative estimate of drug-likeness (QED) is 0.363. The smallest absolute Gasteiger partial charge is 0.379 e. The van der Waals surface area contributed by atoms with Crippen LogP contribution in [0.5, 0.6) is 0 Å². The molecule has 1 heterocycles. The molecule has 0 saturated carbocycles. The van der Waals surface area contributed by atoms with Crippen LogP contribution in [0.25, 0.3) is 16.2 Å². The summed E-state index contributed by atoms with van der Waals surface area (Å²) < 4.78 is 5.80. The highest BCUT2D eigenvalue weighted by atomic mass is 32.1. The number of hydrogen-bond acceptors (Lipinski definition) is 4. The molecule has 1 aromatic carbocycles. The highest BCUT2D eigenvalue weighted by Crippen LogP contribution is 2.26. The van der Waals surface area contributed by atoms with Crippen LogP contribution in [-0.4, -0.2) is 18.4 Å². The Morgan fingerprint density at radius 2 is 2.11 bits per heavy atom. The molecule has 0 N–H and O–H groups in total. The predicted octanol–water partition coefficient (Wildman–Crippen LogP) is 3.21.